The zero-order valence-electron chi connectivity index (χ0n) is 18.6. The Morgan fingerprint density at radius 3 is 2.29 bits per heavy atom. The second-order valence-corrected chi connectivity index (χ2v) is 8.54. The lowest BCUT2D eigenvalue weighted by Gasteiger charge is -2.21. The largest absolute Gasteiger partial charge is 0.480 e. The molecule has 2 aromatic carbocycles. The van der Waals surface area contributed by atoms with Gasteiger partial charge in [0, 0.05) is 19.0 Å². The molecule has 2 N–H and O–H groups in total. The number of aromatic nitrogens is 2. The van der Waals surface area contributed by atoms with E-state index >= 15 is 0 Å². The number of amides is 2. The highest BCUT2D eigenvalue weighted by Crippen LogP contribution is 2.44. The van der Waals surface area contributed by atoms with Crippen LogP contribution in [0, 0.1) is 0 Å². The van der Waals surface area contributed by atoms with Crippen molar-refractivity contribution in [3.63, 3.8) is 0 Å². The highest BCUT2D eigenvalue weighted by molar-refractivity contribution is 6.02. The Hall–Kier alpha value is -4.14. The van der Waals surface area contributed by atoms with E-state index in [4.69, 9.17) is 4.74 Å². The van der Waals surface area contributed by atoms with Gasteiger partial charge in [0.15, 0.2) is 0 Å². The number of fused-ring (bicyclic) bond motifs is 3. The third-order valence-electron chi connectivity index (χ3n) is 6.28. The number of nitrogens with one attached hydrogen (secondary N) is 1. The molecule has 9 heteroatoms. The summed E-state index contributed by atoms with van der Waals surface area (Å²) >= 11 is 0. The van der Waals surface area contributed by atoms with Crippen LogP contribution in [0.2, 0.25) is 0 Å². The van der Waals surface area contributed by atoms with Crippen LogP contribution in [0.1, 0.15) is 40.4 Å². The van der Waals surface area contributed by atoms with Crippen LogP contribution in [0.15, 0.2) is 54.7 Å². The summed E-state index contributed by atoms with van der Waals surface area (Å²) in [6.45, 7) is -0.268. The molecule has 1 fully saturated rings. The third kappa shape index (κ3) is 4.00. The van der Waals surface area contributed by atoms with Crippen molar-refractivity contribution in [2.24, 2.45) is 7.05 Å². The lowest BCUT2D eigenvalue weighted by Crippen LogP contribution is -2.38. The molecule has 2 aliphatic carbocycles. The van der Waals surface area contributed by atoms with E-state index in [0.29, 0.717) is 0 Å². The topological polar surface area (TPSA) is 114 Å². The van der Waals surface area contributed by atoms with Crippen LogP contribution in [-0.4, -0.2) is 57.0 Å². The first-order valence-electron chi connectivity index (χ1n) is 11.1. The van der Waals surface area contributed by atoms with Crippen molar-refractivity contribution >= 4 is 23.7 Å². The number of anilines is 1. The number of benzene rings is 2. The predicted octanol–water partition coefficient (Wildman–Crippen LogP) is 3.47. The van der Waals surface area contributed by atoms with Crippen molar-refractivity contribution < 1.29 is 24.2 Å². The molecule has 2 aliphatic rings. The number of rotatable bonds is 7. The van der Waals surface area contributed by atoms with E-state index in [-0.39, 0.29) is 29.9 Å². The van der Waals surface area contributed by atoms with Crippen LogP contribution >= 0.6 is 0 Å². The fraction of sp³-hybridized carbons (Fsp3) is 0.280. The Morgan fingerprint density at radius 2 is 1.71 bits per heavy atom. The maximum Gasteiger partial charge on any atom is 0.411 e. The summed E-state index contributed by atoms with van der Waals surface area (Å²) in [5, 5.41) is 15.9. The number of carbonyl (C=O) groups excluding carboxylic acids is 2. The number of nitrogens with zero attached hydrogens (tertiary/aromatic N) is 3. The zero-order chi connectivity index (χ0) is 23.8. The molecule has 1 heterocycles. The second-order valence-electron chi connectivity index (χ2n) is 8.54. The van der Waals surface area contributed by atoms with Gasteiger partial charge < -0.3 is 14.7 Å². The van der Waals surface area contributed by atoms with Gasteiger partial charge in [0.1, 0.15) is 18.8 Å². The maximum absolute atomic E-state index is 13.1. The van der Waals surface area contributed by atoms with E-state index in [1.165, 1.54) is 15.8 Å². The highest BCUT2D eigenvalue weighted by Gasteiger charge is 2.37. The van der Waals surface area contributed by atoms with E-state index < -0.39 is 24.5 Å². The summed E-state index contributed by atoms with van der Waals surface area (Å²) in [6, 6.07) is 16.0. The minimum atomic E-state index is -1.09. The fourth-order valence-corrected chi connectivity index (χ4v) is 4.56. The first-order valence-corrected chi connectivity index (χ1v) is 11.1. The van der Waals surface area contributed by atoms with Gasteiger partial charge in [-0.1, -0.05) is 48.5 Å². The van der Waals surface area contributed by atoms with Gasteiger partial charge in [0.05, 0.1) is 11.9 Å². The molecule has 5 rings (SSSR count). The summed E-state index contributed by atoms with van der Waals surface area (Å²) < 4.78 is 6.90. The van der Waals surface area contributed by atoms with E-state index in [1.807, 2.05) is 36.4 Å². The van der Waals surface area contributed by atoms with Crippen LogP contribution in [-0.2, 0) is 16.6 Å². The minimum Gasteiger partial charge on any atom is -0.480 e. The summed E-state index contributed by atoms with van der Waals surface area (Å²) in [5.74, 6) is -1.67. The molecule has 2 amide bonds. The molecule has 34 heavy (non-hydrogen) atoms. The van der Waals surface area contributed by atoms with Crippen molar-refractivity contribution in [3.05, 3.63) is 71.5 Å². The Balaban J connectivity index is 1.30. The standard InChI is InChI=1S/C25H24N4O5/c1-28-23(24(32)29(13-22(30)31)15-10-11-15)21(12-26-28)27-25(33)34-14-20-18-8-4-2-6-16(18)17-7-3-5-9-19(17)20/h2-9,12,15,20H,10-11,13-14H2,1H3,(H,27,33)(H,30,31). The second kappa shape index (κ2) is 8.66. The molecule has 1 aromatic heterocycles. The van der Waals surface area contributed by atoms with Gasteiger partial charge >= 0.3 is 12.1 Å². The van der Waals surface area contributed by atoms with Gasteiger partial charge in [-0.2, -0.15) is 5.10 Å². The molecule has 3 aromatic rings. The van der Waals surface area contributed by atoms with Crippen molar-refractivity contribution in [1.29, 1.82) is 0 Å². The number of carbonyl (C=O) groups is 3. The molecule has 0 spiro atoms. The summed E-state index contributed by atoms with van der Waals surface area (Å²) in [6.07, 6.45) is 2.17. The molecule has 0 unspecified atom stereocenters. The number of hydrogen-bond acceptors (Lipinski definition) is 5. The zero-order valence-corrected chi connectivity index (χ0v) is 18.6. The minimum absolute atomic E-state index is 0.0888. The first-order chi connectivity index (χ1) is 16.4. The van der Waals surface area contributed by atoms with Crippen molar-refractivity contribution in [1.82, 2.24) is 14.7 Å². The van der Waals surface area contributed by atoms with Crippen molar-refractivity contribution in [3.8, 4) is 11.1 Å². The number of carboxylic acids is 1. The molecule has 0 saturated heterocycles. The van der Waals surface area contributed by atoms with Crippen molar-refractivity contribution in [2.45, 2.75) is 24.8 Å². The number of hydrogen-bond donors (Lipinski definition) is 2. The SMILES string of the molecule is Cn1ncc(NC(=O)OCC2c3ccccc3-c3ccccc32)c1C(=O)N(CC(=O)O)C1CC1. The number of ether oxygens (including phenoxy) is 1. The summed E-state index contributed by atoms with van der Waals surface area (Å²) in [5.41, 5.74) is 4.75. The summed E-state index contributed by atoms with van der Waals surface area (Å²) in [7, 11) is 1.57. The number of aryl methyl sites for hydroxylation is 1. The first kappa shape index (κ1) is 21.7. The van der Waals surface area contributed by atoms with E-state index in [1.54, 1.807) is 7.05 Å². The van der Waals surface area contributed by atoms with E-state index in [9.17, 15) is 19.5 Å². The van der Waals surface area contributed by atoms with Gasteiger partial charge in [-0.15, -0.1) is 0 Å². The fourth-order valence-electron chi connectivity index (χ4n) is 4.56. The van der Waals surface area contributed by atoms with Gasteiger partial charge in [0.25, 0.3) is 5.91 Å². The molecule has 0 atom stereocenters. The monoisotopic (exact) mass is 460 g/mol. The van der Waals surface area contributed by atoms with Crippen LogP contribution in [0.25, 0.3) is 11.1 Å². The Morgan fingerprint density at radius 1 is 1.09 bits per heavy atom. The van der Waals surface area contributed by atoms with Gasteiger partial charge in [0.2, 0.25) is 0 Å². The smallest absolute Gasteiger partial charge is 0.411 e. The van der Waals surface area contributed by atoms with Crippen LogP contribution in [0.4, 0.5) is 10.5 Å². The molecule has 174 valence electrons. The number of carboxylic acid groups (broad SMARTS) is 1. The van der Waals surface area contributed by atoms with Crippen LogP contribution < -0.4 is 5.32 Å². The van der Waals surface area contributed by atoms with Gasteiger partial charge in [-0.05, 0) is 35.1 Å². The van der Waals surface area contributed by atoms with Gasteiger partial charge in [-0.3, -0.25) is 19.6 Å². The molecule has 0 radical (unpaired) electrons. The number of aliphatic carboxylic acids is 1. The summed E-state index contributed by atoms with van der Waals surface area (Å²) in [4.78, 5) is 38.3. The van der Waals surface area contributed by atoms with Crippen molar-refractivity contribution in [2.75, 3.05) is 18.5 Å². The van der Waals surface area contributed by atoms with Crippen LogP contribution in [0.3, 0.4) is 0 Å². The van der Waals surface area contributed by atoms with Gasteiger partial charge in [-0.25, -0.2) is 4.79 Å². The highest BCUT2D eigenvalue weighted by atomic mass is 16.5. The maximum atomic E-state index is 13.1. The quantitative estimate of drug-likeness (QED) is 0.558. The Kier molecular flexibility index (Phi) is 5.53. The lowest BCUT2D eigenvalue weighted by molar-refractivity contribution is -0.137. The predicted molar refractivity (Wildman–Crippen MR) is 124 cm³/mol. The molecular formula is C25H24N4O5. The lowest BCUT2D eigenvalue weighted by atomic mass is 9.98. The van der Waals surface area contributed by atoms with E-state index in [0.717, 1.165) is 35.1 Å². The van der Waals surface area contributed by atoms with Crippen LogP contribution in [0.5, 0.6) is 0 Å². The Bertz CT molecular complexity index is 1230. The molecule has 9 nitrogen and oxygen atoms in total. The molecular weight excluding hydrogens is 436 g/mol. The molecule has 0 aliphatic heterocycles. The average molecular weight is 460 g/mol. The molecule has 1 saturated carbocycles. The third-order valence-corrected chi connectivity index (χ3v) is 6.28. The normalized spacial score (nSPS) is 14.3. The Labute approximate surface area is 195 Å². The molecule has 0 bridgehead atoms. The van der Waals surface area contributed by atoms with E-state index in [2.05, 4.69) is 22.5 Å². The average Bonchev–Trinajstić information content (AvgIpc) is 3.53.